The Morgan fingerprint density at radius 2 is 2.14 bits per heavy atom. The third-order valence-corrected chi connectivity index (χ3v) is 1.82. The summed E-state index contributed by atoms with van der Waals surface area (Å²) in [6, 6.07) is 1.39. The second-order valence-electron chi connectivity index (χ2n) is 3.08. The molecule has 0 saturated carbocycles. The van der Waals surface area contributed by atoms with Gasteiger partial charge in [0.1, 0.15) is 11.0 Å². The van der Waals surface area contributed by atoms with Crippen LogP contribution in [-0.4, -0.2) is 23.0 Å². The minimum absolute atomic E-state index is 0.122. The highest BCUT2D eigenvalue weighted by Crippen LogP contribution is 2.14. The van der Waals surface area contributed by atoms with Gasteiger partial charge in [0.2, 0.25) is 0 Å². The van der Waals surface area contributed by atoms with E-state index in [9.17, 15) is 4.79 Å². The van der Waals surface area contributed by atoms with E-state index in [4.69, 9.17) is 11.6 Å². The molecule has 76 valence electrons. The summed E-state index contributed by atoms with van der Waals surface area (Å²) in [5.41, 5.74) is 0.191. The first-order valence-electron chi connectivity index (χ1n) is 4.17. The van der Waals surface area contributed by atoms with Crippen molar-refractivity contribution in [1.82, 2.24) is 9.97 Å². The highest BCUT2D eigenvalue weighted by Gasteiger charge is 2.12. The zero-order chi connectivity index (χ0) is 10.7. The number of hydrogen-bond donors (Lipinski definition) is 0. The molecule has 0 aliphatic heterocycles. The third-order valence-electron chi connectivity index (χ3n) is 1.62. The number of aromatic nitrogens is 2. The van der Waals surface area contributed by atoms with Crippen molar-refractivity contribution in [2.75, 3.05) is 7.11 Å². The molecular weight excluding hydrogens is 204 g/mol. The van der Waals surface area contributed by atoms with Gasteiger partial charge in [-0.05, 0) is 0 Å². The van der Waals surface area contributed by atoms with Gasteiger partial charge in [0, 0.05) is 12.0 Å². The van der Waals surface area contributed by atoms with E-state index in [1.165, 1.54) is 13.2 Å². The molecule has 1 aromatic rings. The van der Waals surface area contributed by atoms with Crippen LogP contribution >= 0.6 is 11.6 Å². The first-order valence-corrected chi connectivity index (χ1v) is 4.55. The van der Waals surface area contributed by atoms with E-state index in [-0.39, 0.29) is 16.8 Å². The van der Waals surface area contributed by atoms with Crippen molar-refractivity contribution in [3.63, 3.8) is 0 Å². The Kier molecular flexibility index (Phi) is 3.41. The molecule has 0 aliphatic rings. The van der Waals surface area contributed by atoms with Crippen molar-refractivity contribution in [3.05, 3.63) is 22.7 Å². The molecule has 0 atom stereocenters. The van der Waals surface area contributed by atoms with Gasteiger partial charge in [-0.15, -0.1) is 0 Å². The average Bonchev–Trinajstić information content (AvgIpc) is 2.15. The molecule has 0 aliphatic carbocycles. The van der Waals surface area contributed by atoms with Crippen LogP contribution in [0.5, 0.6) is 0 Å². The van der Waals surface area contributed by atoms with E-state index in [0.29, 0.717) is 5.82 Å². The Labute approximate surface area is 87.3 Å². The summed E-state index contributed by atoms with van der Waals surface area (Å²) in [6.07, 6.45) is 0. The number of halogens is 1. The molecule has 0 radical (unpaired) electrons. The largest absolute Gasteiger partial charge is 0.464 e. The number of ether oxygens (including phenoxy) is 1. The van der Waals surface area contributed by atoms with Crippen LogP contribution in [0, 0.1) is 0 Å². The van der Waals surface area contributed by atoms with E-state index in [1.54, 1.807) is 0 Å². The topological polar surface area (TPSA) is 52.1 Å². The molecule has 1 heterocycles. The first kappa shape index (κ1) is 10.9. The Morgan fingerprint density at radius 1 is 1.50 bits per heavy atom. The third kappa shape index (κ3) is 2.42. The summed E-state index contributed by atoms with van der Waals surface area (Å²) < 4.78 is 4.54. The maximum absolute atomic E-state index is 11.2. The predicted molar refractivity (Wildman–Crippen MR) is 52.5 cm³/mol. The van der Waals surface area contributed by atoms with Crippen molar-refractivity contribution in [3.8, 4) is 0 Å². The fourth-order valence-electron chi connectivity index (χ4n) is 0.903. The highest BCUT2D eigenvalue weighted by atomic mass is 35.5. The lowest BCUT2D eigenvalue weighted by Gasteiger charge is -2.05. The summed E-state index contributed by atoms with van der Waals surface area (Å²) in [5.74, 6) is 0.159. The summed E-state index contributed by atoms with van der Waals surface area (Å²) in [4.78, 5) is 19.2. The minimum atomic E-state index is -0.504. The summed E-state index contributed by atoms with van der Waals surface area (Å²) in [6.45, 7) is 3.85. The minimum Gasteiger partial charge on any atom is -0.464 e. The first-order chi connectivity index (χ1) is 6.54. The molecule has 0 unspecified atom stereocenters. The number of methoxy groups -OCH3 is 1. The fraction of sp³-hybridized carbons (Fsp3) is 0.444. The second kappa shape index (κ2) is 4.37. The molecular formula is C9H11ClN2O2. The lowest BCUT2D eigenvalue weighted by Crippen LogP contribution is -2.08. The van der Waals surface area contributed by atoms with Crippen LogP contribution in [0.15, 0.2) is 6.07 Å². The van der Waals surface area contributed by atoms with E-state index in [1.807, 2.05) is 13.8 Å². The lowest BCUT2D eigenvalue weighted by molar-refractivity contribution is 0.0593. The van der Waals surface area contributed by atoms with Gasteiger partial charge in [0.25, 0.3) is 0 Å². The van der Waals surface area contributed by atoms with Gasteiger partial charge < -0.3 is 4.74 Å². The Hall–Kier alpha value is -1.16. The van der Waals surface area contributed by atoms with Crippen molar-refractivity contribution in [1.29, 1.82) is 0 Å². The zero-order valence-electron chi connectivity index (χ0n) is 8.24. The van der Waals surface area contributed by atoms with Gasteiger partial charge in [-0.3, -0.25) is 0 Å². The number of rotatable bonds is 2. The Bertz CT molecular complexity index is 353. The van der Waals surface area contributed by atoms with Crippen LogP contribution < -0.4 is 0 Å². The maximum atomic E-state index is 11.2. The Morgan fingerprint density at radius 3 is 2.64 bits per heavy atom. The van der Waals surface area contributed by atoms with Gasteiger partial charge >= 0.3 is 5.97 Å². The molecule has 0 amide bonds. The summed E-state index contributed by atoms with van der Waals surface area (Å²) >= 11 is 5.74. The zero-order valence-corrected chi connectivity index (χ0v) is 9.00. The number of esters is 1. The maximum Gasteiger partial charge on any atom is 0.356 e. The lowest BCUT2D eigenvalue weighted by atomic mass is 10.2. The Balaban J connectivity index is 3.13. The van der Waals surface area contributed by atoms with Crippen LogP contribution in [0.25, 0.3) is 0 Å². The van der Waals surface area contributed by atoms with Crippen LogP contribution in [-0.2, 0) is 4.74 Å². The summed E-state index contributed by atoms with van der Waals surface area (Å²) in [7, 11) is 1.30. The van der Waals surface area contributed by atoms with Crippen LogP contribution in [0.3, 0.4) is 0 Å². The van der Waals surface area contributed by atoms with Crippen molar-refractivity contribution >= 4 is 17.6 Å². The molecule has 0 spiro atoms. The van der Waals surface area contributed by atoms with Crippen molar-refractivity contribution in [2.45, 2.75) is 19.8 Å². The van der Waals surface area contributed by atoms with Crippen molar-refractivity contribution in [2.24, 2.45) is 0 Å². The van der Waals surface area contributed by atoms with Crippen LogP contribution in [0.4, 0.5) is 0 Å². The predicted octanol–water partition coefficient (Wildman–Crippen LogP) is 2.04. The normalized spacial score (nSPS) is 10.4. The van der Waals surface area contributed by atoms with Gasteiger partial charge in [-0.1, -0.05) is 25.4 Å². The quantitative estimate of drug-likeness (QED) is 0.559. The SMILES string of the molecule is COC(=O)c1cc(Cl)nc(C(C)C)n1. The monoisotopic (exact) mass is 214 g/mol. The van der Waals surface area contributed by atoms with E-state index in [2.05, 4.69) is 14.7 Å². The van der Waals surface area contributed by atoms with Gasteiger partial charge in [0.05, 0.1) is 7.11 Å². The molecule has 14 heavy (non-hydrogen) atoms. The number of hydrogen-bond acceptors (Lipinski definition) is 4. The number of carbonyl (C=O) groups excluding carboxylic acids is 1. The summed E-state index contributed by atoms with van der Waals surface area (Å²) in [5, 5.41) is 0.254. The van der Waals surface area contributed by atoms with Crippen LogP contribution in [0.1, 0.15) is 36.1 Å². The number of nitrogens with zero attached hydrogens (tertiary/aromatic N) is 2. The smallest absolute Gasteiger partial charge is 0.356 e. The number of carbonyl (C=O) groups is 1. The van der Waals surface area contributed by atoms with Gasteiger partial charge in [0.15, 0.2) is 5.69 Å². The molecule has 1 aromatic heterocycles. The molecule has 0 N–H and O–H groups in total. The van der Waals surface area contributed by atoms with E-state index >= 15 is 0 Å². The molecule has 0 bridgehead atoms. The fourth-order valence-corrected chi connectivity index (χ4v) is 1.09. The van der Waals surface area contributed by atoms with E-state index in [0.717, 1.165) is 0 Å². The molecule has 5 heteroatoms. The van der Waals surface area contributed by atoms with Gasteiger partial charge in [-0.25, -0.2) is 14.8 Å². The highest BCUT2D eigenvalue weighted by molar-refractivity contribution is 6.29. The van der Waals surface area contributed by atoms with Crippen molar-refractivity contribution < 1.29 is 9.53 Å². The molecule has 0 fully saturated rings. The van der Waals surface area contributed by atoms with E-state index < -0.39 is 5.97 Å². The molecule has 0 aromatic carbocycles. The molecule has 1 rings (SSSR count). The van der Waals surface area contributed by atoms with Crippen LogP contribution in [0.2, 0.25) is 5.15 Å². The average molecular weight is 215 g/mol. The standard InChI is InChI=1S/C9H11ClN2O2/c1-5(2)8-11-6(9(13)14-3)4-7(10)12-8/h4-5H,1-3H3. The molecule has 0 saturated heterocycles. The second-order valence-corrected chi connectivity index (χ2v) is 3.47. The van der Waals surface area contributed by atoms with Gasteiger partial charge in [-0.2, -0.15) is 0 Å². The molecule has 4 nitrogen and oxygen atoms in total.